The lowest BCUT2D eigenvalue weighted by Gasteiger charge is -2.10. The highest BCUT2D eigenvalue weighted by molar-refractivity contribution is 5.97. The minimum absolute atomic E-state index is 0.00932. The molecule has 2 rings (SSSR count). The Morgan fingerprint density at radius 2 is 1.62 bits per heavy atom. The molecule has 0 bridgehead atoms. The molecule has 0 aliphatic carbocycles. The lowest BCUT2D eigenvalue weighted by Crippen LogP contribution is -2.24. The maximum atomic E-state index is 12.1. The smallest absolute Gasteiger partial charge is 0.220 e. The zero-order chi connectivity index (χ0) is 17.4. The number of rotatable bonds is 8. The number of methoxy groups -OCH3 is 1. The van der Waals surface area contributed by atoms with E-state index in [1.165, 1.54) is 0 Å². The second kappa shape index (κ2) is 8.99. The fourth-order valence-electron chi connectivity index (χ4n) is 2.42. The van der Waals surface area contributed by atoms with Crippen molar-refractivity contribution < 1.29 is 14.3 Å². The Kier molecular flexibility index (Phi) is 6.70. The number of amides is 1. The van der Waals surface area contributed by atoms with E-state index in [-0.39, 0.29) is 24.5 Å². The highest BCUT2D eigenvalue weighted by Crippen LogP contribution is 2.10. The van der Waals surface area contributed by atoms with Crippen molar-refractivity contribution >= 4 is 11.7 Å². The topological polar surface area (TPSA) is 55.4 Å². The molecule has 4 heteroatoms. The zero-order valence-corrected chi connectivity index (χ0v) is 14.2. The number of hydrogen-bond acceptors (Lipinski definition) is 3. The first-order valence-electron chi connectivity index (χ1n) is 8.02. The summed E-state index contributed by atoms with van der Waals surface area (Å²) in [5, 5.41) is 2.87. The van der Waals surface area contributed by atoms with Gasteiger partial charge in [0.1, 0.15) is 0 Å². The summed E-state index contributed by atoms with van der Waals surface area (Å²) in [7, 11) is 1.64. The maximum absolute atomic E-state index is 12.1. The fourth-order valence-corrected chi connectivity index (χ4v) is 2.42. The lowest BCUT2D eigenvalue weighted by molar-refractivity contribution is -0.121. The van der Waals surface area contributed by atoms with Gasteiger partial charge in [-0.2, -0.15) is 0 Å². The monoisotopic (exact) mass is 325 g/mol. The van der Waals surface area contributed by atoms with E-state index in [0.717, 1.165) is 16.7 Å². The molecule has 24 heavy (non-hydrogen) atoms. The molecule has 0 aliphatic rings. The summed E-state index contributed by atoms with van der Waals surface area (Å²) in [4.78, 5) is 24.1. The third-order valence-corrected chi connectivity index (χ3v) is 3.85. The highest BCUT2D eigenvalue weighted by atomic mass is 16.5. The first-order valence-corrected chi connectivity index (χ1v) is 8.02. The van der Waals surface area contributed by atoms with E-state index in [1.54, 1.807) is 19.2 Å². The summed E-state index contributed by atoms with van der Waals surface area (Å²) in [5.41, 5.74) is 3.84. The standard InChI is InChI=1S/C20H23NO3/c1-15-7-9-16(10-8-15)19(22)11-12-20(23)21-13-17-5-3-4-6-18(17)14-24-2/h3-10H,11-14H2,1-2H3,(H,21,23). The van der Waals surface area contributed by atoms with Crippen molar-refractivity contribution in [1.82, 2.24) is 5.32 Å². The summed E-state index contributed by atoms with van der Waals surface area (Å²) in [5.74, 6) is -0.132. The summed E-state index contributed by atoms with van der Waals surface area (Å²) >= 11 is 0. The van der Waals surface area contributed by atoms with E-state index in [2.05, 4.69) is 5.32 Å². The zero-order valence-electron chi connectivity index (χ0n) is 14.2. The molecule has 1 N–H and O–H groups in total. The molecular formula is C20H23NO3. The Balaban J connectivity index is 1.81. The number of ether oxygens (including phenoxy) is 1. The molecule has 4 nitrogen and oxygen atoms in total. The molecule has 0 spiro atoms. The molecule has 0 radical (unpaired) electrons. The van der Waals surface area contributed by atoms with Crippen LogP contribution in [0.15, 0.2) is 48.5 Å². The van der Waals surface area contributed by atoms with Gasteiger partial charge in [0.15, 0.2) is 5.78 Å². The van der Waals surface area contributed by atoms with Crippen molar-refractivity contribution in [2.75, 3.05) is 7.11 Å². The number of benzene rings is 2. The molecule has 0 aromatic heterocycles. The van der Waals surface area contributed by atoms with Crippen LogP contribution < -0.4 is 5.32 Å². The predicted octanol–water partition coefficient (Wildman–Crippen LogP) is 3.42. The van der Waals surface area contributed by atoms with Crippen molar-refractivity contribution in [3.8, 4) is 0 Å². The molecule has 0 heterocycles. The predicted molar refractivity (Wildman–Crippen MR) is 93.7 cm³/mol. The Labute approximate surface area is 142 Å². The average molecular weight is 325 g/mol. The van der Waals surface area contributed by atoms with Gasteiger partial charge in [-0.05, 0) is 18.1 Å². The Morgan fingerprint density at radius 3 is 2.29 bits per heavy atom. The van der Waals surface area contributed by atoms with Crippen LogP contribution >= 0.6 is 0 Å². The Morgan fingerprint density at radius 1 is 0.958 bits per heavy atom. The van der Waals surface area contributed by atoms with Crippen molar-refractivity contribution in [3.05, 3.63) is 70.8 Å². The Bertz CT molecular complexity index is 692. The molecule has 0 aliphatic heterocycles. The van der Waals surface area contributed by atoms with Gasteiger partial charge in [0.2, 0.25) is 5.91 Å². The summed E-state index contributed by atoms with van der Waals surface area (Å²) in [6.45, 7) is 2.93. The van der Waals surface area contributed by atoms with Gasteiger partial charge >= 0.3 is 0 Å². The van der Waals surface area contributed by atoms with E-state index < -0.39 is 0 Å². The van der Waals surface area contributed by atoms with Crippen LogP contribution in [0.25, 0.3) is 0 Å². The van der Waals surface area contributed by atoms with Gasteiger partial charge in [-0.15, -0.1) is 0 Å². The Hall–Kier alpha value is -2.46. The molecule has 1 amide bonds. The largest absolute Gasteiger partial charge is 0.380 e. The molecule has 2 aromatic rings. The van der Waals surface area contributed by atoms with Crippen LogP contribution in [0.4, 0.5) is 0 Å². The van der Waals surface area contributed by atoms with Gasteiger partial charge in [0, 0.05) is 32.1 Å². The van der Waals surface area contributed by atoms with Crippen molar-refractivity contribution in [2.24, 2.45) is 0 Å². The number of ketones is 1. The van der Waals surface area contributed by atoms with Gasteiger partial charge in [-0.1, -0.05) is 54.1 Å². The van der Waals surface area contributed by atoms with Crippen LogP contribution in [0.3, 0.4) is 0 Å². The summed E-state index contributed by atoms with van der Waals surface area (Å²) in [6, 6.07) is 15.2. The third kappa shape index (κ3) is 5.32. The van der Waals surface area contributed by atoms with Crippen LogP contribution in [-0.2, 0) is 22.7 Å². The van der Waals surface area contributed by atoms with Crippen LogP contribution in [0.2, 0.25) is 0 Å². The van der Waals surface area contributed by atoms with Crippen LogP contribution in [0.5, 0.6) is 0 Å². The van der Waals surface area contributed by atoms with E-state index in [1.807, 2.05) is 43.3 Å². The van der Waals surface area contributed by atoms with Gasteiger partial charge in [0.25, 0.3) is 0 Å². The number of aryl methyl sites for hydroxylation is 1. The fraction of sp³-hybridized carbons (Fsp3) is 0.300. The van der Waals surface area contributed by atoms with Gasteiger partial charge in [-0.25, -0.2) is 0 Å². The van der Waals surface area contributed by atoms with Crippen LogP contribution in [0.1, 0.15) is 39.9 Å². The van der Waals surface area contributed by atoms with Gasteiger partial charge < -0.3 is 10.1 Å². The number of carbonyl (C=O) groups is 2. The van der Waals surface area contributed by atoms with Gasteiger partial charge in [-0.3, -0.25) is 9.59 Å². The quantitative estimate of drug-likeness (QED) is 0.757. The SMILES string of the molecule is COCc1ccccc1CNC(=O)CCC(=O)c1ccc(C)cc1. The van der Waals surface area contributed by atoms with Crippen LogP contribution in [-0.4, -0.2) is 18.8 Å². The first kappa shape index (κ1) is 17.9. The normalized spacial score (nSPS) is 10.4. The average Bonchev–Trinajstić information content (AvgIpc) is 2.60. The van der Waals surface area contributed by atoms with E-state index >= 15 is 0 Å². The van der Waals surface area contributed by atoms with Gasteiger partial charge in [0.05, 0.1) is 6.61 Å². The van der Waals surface area contributed by atoms with Crippen molar-refractivity contribution in [1.29, 1.82) is 0 Å². The van der Waals surface area contributed by atoms with E-state index in [4.69, 9.17) is 4.74 Å². The second-order valence-electron chi connectivity index (χ2n) is 5.77. The molecule has 126 valence electrons. The lowest BCUT2D eigenvalue weighted by atomic mass is 10.0. The van der Waals surface area contributed by atoms with E-state index in [9.17, 15) is 9.59 Å². The molecule has 0 saturated heterocycles. The second-order valence-corrected chi connectivity index (χ2v) is 5.77. The molecule has 0 unspecified atom stereocenters. The maximum Gasteiger partial charge on any atom is 0.220 e. The van der Waals surface area contributed by atoms with Crippen molar-refractivity contribution in [3.63, 3.8) is 0 Å². The molecule has 2 aromatic carbocycles. The number of hydrogen-bond donors (Lipinski definition) is 1. The minimum Gasteiger partial charge on any atom is -0.380 e. The van der Waals surface area contributed by atoms with Crippen LogP contribution in [0, 0.1) is 6.92 Å². The first-order chi connectivity index (χ1) is 11.6. The number of Topliss-reactive ketones (excluding diaryl/α,β-unsaturated/α-hetero) is 1. The molecule has 0 fully saturated rings. The molecule has 0 saturated carbocycles. The molecular weight excluding hydrogens is 302 g/mol. The number of carbonyl (C=O) groups excluding carboxylic acids is 2. The third-order valence-electron chi connectivity index (χ3n) is 3.85. The van der Waals surface area contributed by atoms with E-state index in [0.29, 0.717) is 18.7 Å². The summed E-state index contributed by atoms with van der Waals surface area (Å²) in [6.07, 6.45) is 0.410. The number of nitrogens with one attached hydrogen (secondary N) is 1. The minimum atomic E-state index is -0.123. The summed E-state index contributed by atoms with van der Waals surface area (Å²) < 4.78 is 5.15. The molecule has 0 atom stereocenters. The van der Waals surface area contributed by atoms with Crippen molar-refractivity contribution in [2.45, 2.75) is 32.9 Å². The highest BCUT2D eigenvalue weighted by Gasteiger charge is 2.10.